The van der Waals surface area contributed by atoms with E-state index in [1.54, 1.807) is 13.1 Å². The van der Waals surface area contributed by atoms with Crippen molar-refractivity contribution in [3.05, 3.63) is 58.9 Å². The summed E-state index contributed by atoms with van der Waals surface area (Å²) in [4.78, 5) is 26.7. The molecule has 0 saturated carbocycles. The molecular formula is C20H18N4O2S. The van der Waals surface area contributed by atoms with Crippen LogP contribution in [0.5, 0.6) is 0 Å². The minimum atomic E-state index is -0.317. The number of esters is 1. The number of para-hydroxylation sites is 1. The van der Waals surface area contributed by atoms with Crippen LogP contribution >= 0.6 is 11.3 Å². The van der Waals surface area contributed by atoms with Crippen molar-refractivity contribution in [2.24, 2.45) is 0 Å². The second-order valence-corrected chi connectivity index (χ2v) is 7.02. The van der Waals surface area contributed by atoms with Crippen LogP contribution in [0.1, 0.15) is 27.7 Å². The van der Waals surface area contributed by atoms with Crippen LogP contribution in [-0.4, -0.2) is 27.5 Å². The number of hydrogen-bond acceptors (Lipinski definition) is 7. The Labute approximate surface area is 160 Å². The smallest absolute Gasteiger partial charge is 0.348 e. The second kappa shape index (κ2) is 7.28. The van der Waals surface area contributed by atoms with Crippen molar-refractivity contribution in [2.45, 2.75) is 20.4 Å². The Balaban J connectivity index is 1.69. The Morgan fingerprint density at radius 1 is 1.19 bits per heavy atom. The summed E-state index contributed by atoms with van der Waals surface area (Å²) in [5, 5.41) is 5.34. The number of aryl methyl sites for hydroxylation is 1. The van der Waals surface area contributed by atoms with E-state index in [9.17, 15) is 4.79 Å². The number of fused-ring (bicyclic) bond motifs is 2. The molecule has 4 rings (SSSR count). The minimum Gasteiger partial charge on any atom is -0.462 e. The van der Waals surface area contributed by atoms with Gasteiger partial charge in [0.25, 0.3) is 0 Å². The van der Waals surface area contributed by atoms with E-state index in [2.05, 4.69) is 20.3 Å². The van der Waals surface area contributed by atoms with Crippen LogP contribution in [0, 0.1) is 6.92 Å². The van der Waals surface area contributed by atoms with Crippen molar-refractivity contribution in [1.82, 2.24) is 15.0 Å². The first kappa shape index (κ1) is 17.4. The highest BCUT2D eigenvalue weighted by Gasteiger charge is 2.20. The van der Waals surface area contributed by atoms with Crippen molar-refractivity contribution in [1.29, 1.82) is 0 Å². The van der Waals surface area contributed by atoms with E-state index < -0.39 is 0 Å². The van der Waals surface area contributed by atoms with Crippen LogP contribution in [0.4, 0.5) is 5.82 Å². The molecule has 1 N–H and O–H groups in total. The third-order valence-corrected chi connectivity index (χ3v) is 5.53. The lowest BCUT2D eigenvalue weighted by molar-refractivity contribution is 0.0531. The fraction of sp³-hybridized carbons (Fsp3) is 0.200. The first-order valence-electron chi connectivity index (χ1n) is 8.66. The number of pyridine rings is 1. The number of hydrogen-bond donors (Lipinski definition) is 1. The molecule has 6 nitrogen and oxygen atoms in total. The summed E-state index contributed by atoms with van der Waals surface area (Å²) in [6, 6.07) is 10.1. The van der Waals surface area contributed by atoms with Crippen LogP contribution in [0.2, 0.25) is 0 Å². The molecule has 0 atom stereocenters. The lowest BCUT2D eigenvalue weighted by Gasteiger charge is -2.09. The van der Waals surface area contributed by atoms with Gasteiger partial charge in [0.1, 0.15) is 21.9 Å². The molecule has 3 aromatic heterocycles. The van der Waals surface area contributed by atoms with Crippen molar-refractivity contribution >= 4 is 44.2 Å². The zero-order chi connectivity index (χ0) is 18.8. The maximum Gasteiger partial charge on any atom is 0.348 e. The van der Waals surface area contributed by atoms with Gasteiger partial charge in [-0.05, 0) is 31.0 Å². The second-order valence-electron chi connectivity index (χ2n) is 6.02. The zero-order valence-electron chi connectivity index (χ0n) is 15.0. The number of anilines is 1. The summed E-state index contributed by atoms with van der Waals surface area (Å²) in [6.45, 7) is 4.62. The molecule has 0 aliphatic rings. The number of thiophene rings is 1. The molecule has 1 aromatic carbocycles. The number of benzene rings is 1. The average Bonchev–Trinajstić information content (AvgIpc) is 3.04. The number of carbonyl (C=O) groups excluding carboxylic acids is 1. The molecule has 0 radical (unpaired) electrons. The molecular weight excluding hydrogens is 360 g/mol. The largest absolute Gasteiger partial charge is 0.462 e. The number of rotatable bonds is 5. The van der Waals surface area contributed by atoms with E-state index in [1.165, 1.54) is 17.7 Å². The van der Waals surface area contributed by atoms with Crippen molar-refractivity contribution in [2.75, 3.05) is 11.9 Å². The third-order valence-electron chi connectivity index (χ3n) is 4.35. The molecule has 27 heavy (non-hydrogen) atoms. The van der Waals surface area contributed by atoms with Gasteiger partial charge < -0.3 is 10.1 Å². The average molecular weight is 378 g/mol. The van der Waals surface area contributed by atoms with Crippen LogP contribution in [0.25, 0.3) is 21.1 Å². The van der Waals surface area contributed by atoms with Crippen LogP contribution in [-0.2, 0) is 11.3 Å². The van der Waals surface area contributed by atoms with E-state index in [0.29, 0.717) is 23.8 Å². The molecule has 0 bridgehead atoms. The van der Waals surface area contributed by atoms with Gasteiger partial charge in [-0.3, -0.25) is 4.98 Å². The molecule has 0 fully saturated rings. The van der Waals surface area contributed by atoms with E-state index in [-0.39, 0.29) is 5.97 Å². The van der Waals surface area contributed by atoms with Gasteiger partial charge in [-0.2, -0.15) is 0 Å². The Morgan fingerprint density at radius 2 is 2.04 bits per heavy atom. The summed E-state index contributed by atoms with van der Waals surface area (Å²) >= 11 is 1.33. The highest BCUT2D eigenvalue weighted by Crippen LogP contribution is 2.34. The fourth-order valence-corrected chi connectivity index (χ4v) is 4.13. The maximum atomic E-state index is 12.2. The van der Waals surface area contributed by atoms with Gasteiger partial charge >= 0.3 is 5.97 Å². The van der Waals surface area contributed by atoms with Crippen LogP contribution < -0.4 is 5.32 Å². The molecule has 0 aliphatic heterocycles. The molecule has 3 heterocycles. The van der Waals surface area contributed by atoms with E-state index in [0.717, 1.165) is 32.2 Å². The normalized spacial score (nSPS) is 11.0. The Morgan fingerprint density at radius 3 is 2.89 bits per heavy atom. The molecule has 0 amide bonds. The molecule has 0 saturated heterocycles. The number of nitrogens with zero attached hydrogens (tertiary/aromatic N) is 3. The predicted octanol–water partition coefficient (Wildman–Crippen LogP) is 4.34. The highest BCUT2D eigenvalue weighted by molar-refractivity contribution is 7.20. The highest BCUT2D eigenvalue weighted by atomic mass is 32.1. The SMILES string of the molecule is CCOC(=O)c1sc2ncnc(NCc3cccc4cccnc34)c2c1C. The molecule has 0 spiro atoms. The lowest BCUT2D eigenvalue weighted by Crippen LogP contribution is -2.05. The summed E-state index contributed by atoms with van der Waals surface area (Å²) in [6.07, 6.45) is 3.31. The van der Waals surface area contributed by atoms with Crippen LogP contribution in [0.3, 0.4) is 0 Å². The lowest BCUT2D eigenvalue weighted by atomic mass is 10.1. The molecule has 0 aliphatic carbocycles. The molecule has 136 valence electrons. The van der Waals surface area contributed by atoms with Gasteiger partial charge in [-0.25, -0.2) is 14.8 Å². The zero-order valence-corrected chi connectivity index (χ0v) is 15.8. The van der Waals surface area contributed by atoms with E-state index in [4.69, 9.17) is 4.74 Å². The minimum absolute atomic E-state index is 0.317. The number of carbonyl (C=O) groups is 1. The van der Waals surface area contributed by atoms with Gasteiger partial charge in [0.15, 0.2) is 0 Å². The van der Waals surface area contributed by atoms with Crippen molar-refractivity contribution in [3.8, 4) is 0 Å². The Kier molecular flexibility index (Phi) is 4.68. The predicted molar refractivity (Wildman–Crippen MR) is 107 cm³/mol. The van der Waals surface area contributed by atoms with Gasteiger partial charge in [-0.1, -0.05) is 24.3 Å². The van der Waals surface area contributed by atoms with Gasteiger partial charge in [0.2, 0.25) is 0 Å². The quantitative estimate of drug-likeness (QED) is 0.521. The standard InChI is InChI=1S/C20H18N4O2S/c1-3-26-20(25)17-12(2)15-18(23-11-24-19(15)27-17)22-10-14-7-4-6-13-8-5-9-21-16(13)14/h4-9,11H,3,10H2,1-2H3,(H,22,23,24). The number of ether oxygens (including phenoxy) is 1. The van der Waals surface area contributed by atoms with Gasteiger partial charge in [0, 0.05) is 18.1 Å². The monoisotopic (exact) mass is 378 g/mol. The number of nitrogens with one attached hydrogen (secondary N) is 1. The third kappa shape index (κ3) is 3.21. The first-order valence-corrected chi connectivity index (χ1v) is 9.48. The Bertz CT molecular complexity index is 1130. The summed E-state index contributed by atoms with van der Waals surface area (Å²) in [5.74, 6) is 0.388. The Hall–Kier alpha value is -3.06. The maximum absolute atomic E-state index is 12.2. The van der Waals surface area contributed by atoms with Gasteiger partial charge in [0.05, 0.1) is 17.5 Å². The summed E-state index contributed by atoms with van der Waals surface area (Å²) in [7, 11) is 0. The topological polar surface area (TPSA) is 77.0 Å². The number of aromatic nitrogens is 3. The van der Waals surface area contributed by atoms with E-state index >= 15 is 0 Å². The van der Waals surface area contributed by atoms with Crippen LogP contribution in [0.15, 0.2) is 42.9 Å². The van der Waals surface area contributed by atoms with Crippen molar-refractivity contribution in [3.63, 3.8) is 0 Å². The van der Waals surface area contributed by atoms with E-state index in [1.807, 2.05) is 37.3 Å². The fourth-order valence-electron chi connectivity index (χ4n) is 3.09. The summed E-state index contributed by atoms with van der Waals surface area (Å²) in [5.41, 5.74) is 2.89. The molecule has 0 unspecified atom stereocenters. The first-order chi connectivity index (χ1) is 13.2. The summed E-state index contributed by atoms with van der Waals surface area (Å²) < 4.78 is 5.15. The van der Waals surface area contributed by atoms with Crippen molar-refractivity contribution < 1.29 is 9.53 Å². The van der Waals surface area contributed by atoms with Gasteiger partial charge in [-0.15, -0.1) is 11.3 Å². The molecule has 7 heteroatoms. The molecule has 4 aromatic rings.